The van der Waals surface area contributed by atoms with Crippen LogP contribution in [0, 0.1) is 0 Å². The average Bonchev–Trinajstić information content (AvgIpc) is 2.85. The fraction of sp³-hybridized carbons (Fsp3) is 0.120. The summed E-state index contributed by atoms with van der Waals surface area (Å²) in [6.07, 6.45) is 2.15. The molecule has 0 unspecified atom stereocenters. The number of esters is 1. The normalized spacial score (nSPS) is 10.6. The third kappa shape index (κ3) is 6.76. The van der Waals surface area contributed by atoms with Gasteiger partial charge in [-0.05, 0) is 66.6 Å². The minimum atomic E-state index is -0.942. The molecular formula is C25H22BrN3O5. The summed E-state index contributed by atoms with van der Waals surface area (Å²) in [7, 11) is 1.53. The number of aryl methyl sites for hydroxylation is 1. The Kier molecular flexibility index (Phi) is 8.53. The molecule has 3 aromatic rings. The van der Waals surface area contributed by atoms with Gasteiger partial charge in [0.2, 0.25) is 0 Å². The number of amides is 2. The van der Waals surface area contributed by atoms with Crippen molar-refractivity contribution < 1.29 is 23.9 Å². The first kappa shape index (κ1) is 24.7. The Labute approximate surface area is 205 Å². The van der Waals surface area contributed by atoms with Gasteiger partial charge < -0.3 is 14.8 Å². The van der Waals surface area contributed by atoms with Gasteiger partial charge in [-0.15, -0.1) is 0 Å². The number of carbonyl (C=O) groups is 3. The summed E-state index contributed by atoms with van der Waals surface area (Å²) in [4.78, 5) is 36.7. The van der Waals surface area contributed by atoms with Crippen molar-refractivity contribution in [2.75, 3.05) is 12.4 Å². The van der Waals surface area contributed by atoms with E-state index in [1.54, 1.807) is 54.6 Å². The molecule has 174 valence electrons. The molecule has 3 aromatic carbocycles. The molecule has 0 radical (unpaired) electrons. The fourth-order valence-electron chi connectivity index (χ4n) is 2.82. The molecule has 2 N–H and O–H groups in total. The van der Waals surface area contributed by atoms with Crippen LogP contribution in [0.4, 0.5) is 5.69 Å². The highest BCUT2D eigenvalue weighted by Gasteiger charge is 2.14. The zero-order chi connectivity index (χ0) is 24.5. The molecular weight excluding hydrogens is 502 g/mol. The molecule has 0 aromatic heterocycles. The van der Waals surface area contributed by atoms with Gasteiger partial charge in [-0.3, -0.25) is 9.59 Å². The van der Waals surface area contributed by atoms with Crippen LogP contribution < -0.4 is 20.2 Å². The van der Waals surface area contributed by atoms with Crippen molar-refractivity contribution in [3.63, 3.8) is 0 Å². The molecule has 0 spiro atoms. The van der Waals surface area contributed by atoms with Gasteiger partial charge in [-0.25, -0.2) is 10.2 Å². The molecule has 34 heavy (non-hydrogen) atoms. The van der Waals surface area contributed by atoms with Crippen molar-refractivity contribution in [1.29, 1.82) is 0 Å². The lowest BCUT2D eigenvalue weighted by Crippen LogP contribution is -2.32. The van der Waals surface area contributed by atoms with Gasteiger partial charge >= 0.3 is 17.8 Å². The summed E-state index contributed by atoms with van der Waals surface area (Å²) in [6.45, 7) is 2.02. The number of ether oxygens (including phenoxy) is 2. The molecule has 0 heterocycles. The van der Waals surface area contributed by atoms with Crippen LogP contribution >= 0.6 is 15.9 Å². The number of methoxy groups -OCH3 is 1. The van der Waals surface area contributed by atoms with E-state index in [-0.39, 0.29) is 5.75 Å². The summed E-state index contributed by atoms with van der Waals surface area (Å²) < 4.78 is 11.3. The van der Waals surface area contributed by atoms with Crippen molar-refractivity contribution in [2.45, 2.75) is 13.3 Å². The first-order valence-electron chi connectivity index (χ1n) is 10.3. The number of carbonyl (C=O) groups excluding carboxylic acids is 3. The Morgan fingerprint density at radius 3 is 2.32 bits per heavy atom. The molecule has 0 saturated heterocycles. The van der Waals surface area contributed by atoms with E-state index in [0.717, 1.165) is 12.0 Å². The van der Waals surface area contributed by atoms with E-state index in [2.05, 4.69) is 31.8 Å². The zero-order valence-electron chi connectivity index (χ0n) is 18.5. The molecule has 8 nitrogen and oxygen atoms in total. The number of rotatable bonds is 7. The number of hydrogen-bond donors (Lipinski definition) is 2. The molecule has 9 heteroatoms. The number of anilines is 1. The van der Waals surface area contributed by atoms with Gasteiger partial charge in [0.25, 0.3) is 0 Å². The monoisotopic (exact) mass is 523 g/mol. The molecule has 0 aliphatic carbocycles. The summed E-state index contributed by atoms with van der Waals surface area (Å²) in [5.41, 5.74) is 4.53. The summed E-state index contributed by atoms with van der Waals surface area (Å²) in [5.74, 6) is -1.53. The van der Waals surface area contributed by atoms with E-state index in [1.807, 2.05) is 19.1 Å². The first-order valence-corrected chi connectivity index (χ1v) is 11.1. The minimum absolute atomic E-state index is 0.225. The SMILES string of the molecule is CCc1ccc(NC(=O)C(=O)NN=Cc2cc(Br)ccc2OC(=O)c2ccc(OC)cc2)cc1. The Balaban J connectivity index is 1.64. The second-order valence-electron chi connectivity index (χ2n) is 7.00. The molecule has 0 saturated carbocycles. The summed E-state index contributed by atoms with van der Waals surface area (Å²) >= 11 is 3.35. The quantitative estimate of drug-likeness (QED) is 0.157. The molecule has 0 atom stereocenters. The lowest BCUT2D eigenvalue weighted by molar-refractivity contribution is -0.136. The Bertz CT molecular complexity index is 1210. The van der Waals surface area contributed by atoms with E-state index in [4.69, 9.17) is 9.47 Å². The maximum Gasteiger partial charge on any atom is 0.343 e. The third-order valence-electron chi connectivity index (χ3n) is 4.70. The Hall–Kier alpha value is -3.98. The highest BCUT2D eigenvalue weighted by molar-refractivity contribution is 9.10. The maximum absolute atomic E-state index is 12.5. The smallest absolute Gasteiger partial charge is 0.343 e. The molecule has 0 aliphatic rings. The van der Waals surface area contributed by atoms with Crippen LogP contribution in [0.1, 0.15) is 28.4 Å². The van der Waals surface area contributed by atoms with E-state index in [1.165, 1.54) is 13.3 Å². The van der Waals surface area contributed by atoms with Gasteiger partial charge in [0.15, 0.2) is 0 Å². The van der Waals surface area contributed by atoms with Crippen LogP contribution in [-0.4, -0.2) is 31.1 Å². The largest absolute Gasteiger partial charge is 0.497 e. The van der Waals surface area contributed by atoms with Crippen LogP contribution in [0.2, 0.25) is 0 Å². The molecule has 0 aliphatic heterocycles. The van der Waals surface area contributed by atoms with E-state index < -0.39 is 17.8 Å². The summed E-state index contributed by atoms with van der Waals surface area (Å²) in [6, 6.07) is 18.6. The second-order valence-corrected chi connectivity index (χ2v) is 7.92. The minimum Gasteiger partial charge on any atom is -0.497 e. The molecule has 3 rings (SSSR count). The number of hydrazone groups is 1. The van der Waals surface area contributed by atoms with Gasteiger partial charge in [-0.2, -0.15) is 5.10 Å². The molecule has 0 fully saturated rings. The van der Waals surface area contributed by atoms with Gasteiger partial charge in [0, 0.05) is 15.7 Å². The number of nitrogens with zero attached hydrogens (tertiary/aromatic N) is 1. The zero-order valence-corrected chi connectivity index (χ0v) is 20.1. The lowest BCUT2D eigenvalue weighted by Gasteiger charge is -2.09. The van der Waals surface area contributed by atoms with Gasteiger partial charge in [0.1, 0.15) is 11.5 Å². The highest BCUT2D eigenvalue weighted by atomic mass is 79.9. The van der Waals surface area contributed by atoms with E-state index >= 15 is 0 Å². The first-order chi connectivity index (χ1) is 16.4. The topological polar surface area (TPSA) is 106 Å². The number of halogens is 1. The third-order valence-corrected chi connectivity index (χ3v) is 5.19. The van der Waals surface area contributed by atoms with Gasteiger partial charge in [0.05, 0.1) is 18.9 Å². The predicted octanol–water partition coefficient (Wildman–Crippen LogP) is 4.33. The average molecular weight is 524 g/mol. The van der Waals surface area contributed by atoms with Crippen LogP contribution in [-0.2, 0) is 16.0 Å². The van der Waals surface area contributed by atoms with Crippen LogP contribution in [0.25, 0.3) is 0 Å². The standard InChI is InChI=1S/C25H22BrN3O5/c1-3-16-4-9-20(10-5-16)28-23(30)24(31)29-27-15-18-14-19(26)8-13-22(18)34-25(32)17-6-11-21(33-2)12-7-17/h4-15H,3H2,1-2H3,(H,28,30)(H,29,31). The van der Waals surface area contributed by atoms with Gasteiger partial charge in [-0.1, -0.05) is 35.0 Å². The van der Waals surface area contributed by atoms with Crippen LogP contribution in [0.5, 0.6) is 11.5 Å². The summed E-state index contributed by atoms with van der Waals surface area (Å²) in [5, 5.41) is 6.33. The fourth-order valence-corrected chi connectivity index (χ4v) is 3.20. The van der Waals surface area contributed by atoms with Crippen molar-refractivity contribution in [2.24, 2.45) is 5.10 Å². The number of hydrogen-bond acceptors (Lipinski definition) is 6. The van der Waals surface area contributed by atoms with Crippen molar-refractivity contribution in [3.8, 4) is 11.5 Å². The second kappa shape index (κ2) is 11.8. The van der Waals surface area contributed by atoms with Crippen molar-refractivity contribution in [1.82, 2.24) is 5.43 Å². The van der Waals surface area contributed by atoms with Crippen LogP contribution in [0.15, 0.2) is 76.3 Å². The van der Waals surface area contributed by atoms with E-state index in [9.17, 15) is 14.4 Å². The highest BCUT2D eigenvalue weighted by Crippen LogP contribution is 2.23. The molecule has 2 amide bonds. The lowest BCUT2D eigenvalue weighted by atomic mass is 10.1. The Morgan fingerprint density at radius 1 is 0.971 bits per heavy atom. The maximum atomic E-state index is 12.5. The van der Waals surface area contributed by atoms with E-state index in [0.29, 0.717) is 27.0 Å². The number of benzene rings is 3. The molecule has 0 bridgehead atoms. The Morgan fingerprint density at radius 2 is 1.68 bits per heavy atom. The van der Waals surface area contributed by atoms with Crippen LogP contribution in [0.3, 0.4) is 0 Å². The van der Waals surface area contributed by atoms with Crippen molar-refractivity contribution >= 4 is 45.6 Å². The number of nitrogens with one attached hydrogen (secondary N) is 2. The van der Waals surface area contributed by atoms with Crippen molar-refractivity contribution in [3.05, 3.63) is 87.9 Å². The predicted molar refractivity (Wildman–Crippen MR) is 132 cm³/mol.